The average Bonchev–Trinajstić information content (AvgIpc) is 3.32. The largest absolute Gasteiger partial charge is 0.507 e. The summed E-state index contributed by atoms with van der Waals surface area (Å²) in [5.74, 6) is 1.10. The van der Waals surface area contributed by atoms with Gasteiger partial charge in [-0.25, -0.2) is 0 Å². The van der Waals surface area contributed by atoms with E-state index < -0.39 is 0 Å². The fourth-order valence-corrected chi connectivity index (χ4v) is 6.25. The first-order chi connectivity index (χ1) is 18.7. The van der Waals surface area contributed by atoms with Crippen molar-refractivity contribution in [2.24, 2.45) is 0 Å². The van der Waals surface area contributed by atoms with E-state index in [1.54, 1.807) is 6.07 Å². The highest BCUT2D eigenvalue weighted by molar-refractivity contribution is 7.19. The Morgan fingerprint density at radius 3 is 2.08 bits per heavy atom. The van der Waals surface area contributed by atoms with Crippen LogP contribution in [0.2, 0.25) is 0 Å². The van der Waals surface area contributed by atoms with E-state index >= 15 is 0 Å². The highest BCUT2D eigenvalue weighted by Crippen LogP contribution is 2.41. The molecule has 2 nitrogen and oxygen atoms in total. The van der Waals surface area contributed by atoms with Gasteiger partial charge in [0.15, 0.2) is 0 Å². The van der Waals surface area contributed by atoms with Gasteiger partial charge in [-0.3, -0.25) is 0 Å². The van der Waals surface area contributed by atoms with Crippen LogP contribution in [0, 0.1) is 0 Å². The number of hydrogen-bond donors (Lipinski definition) is 1. The van der Waals surface area contributed by atoms with Crippen molar-refractivity contribution in [3.63, 3.8) is 0 Å². The van der Waals surface area contributed by atoms with E-state index in [9.17, 15) is 5.11 Å². The van der Waals surface area contributed by atoms with Crippen molar-refractivity contribution in [1.82, 2.24) is 0 Å². The van der Waals surface area contributed by atoms with Crippen molar-refractivity contribution >= 4 is 21.4 Å². The summed E-state index contributed by atoms with van der Waals surface area (Å²) in [6, 6.07) is 41.8. The summed E-state index contributed by atoms with van der Waals surface area (Å²) in [7, 11) is 0. The van der Waals surface area contributed by atoms with Gasteiger partial charge in [0.05, 0.1) is 6.61 Å². The van der Waals surface area contributed by atoms with Crippen molar-refractivity contribution in [3.05, 3.63) is 132 Å². The van der Waals surface area contributed by atoms with Gasteiger partial charge >= 0.3 is 0 Å². The van der Waals surface area contributed by atoms with Crippen LogP contribution in [0.25, 0.3) is 43.5 Å². The van der Waals surface area contributed by atoms with Crippen molar-refractivity contribution < 1.29 is 9.84 Å². The number of phenolic OH excluding ortho intramolecular Hbond substituents is 1. The Morgan fingerprint density at radius 1 is 0.658 bits per heavy atom. The molecule has 1 heterocycles. The van der Waals surface area contributed by atoms with Crippen molar-refractivity contribution in [3.8, 4) is 44.9 Å². The lowest BCUT2D eigenvalue weighted by molar-refractivity contribution is 0.340. The van der Waals surface area contributed by atoms with Gasteiger partial charge in [0.2, 0.25) is 0 Å². The lowest BCUT2D eigenvalue weighted by Gasteiger charge is -2.11. The number of aromatic hydroxyl groups is 1. The lowest BCUT2D eigenvalue weighted by Crippen LogP contribution is -1.91. The van der Waals surface area contributed by atoms with Crippen LogP contribution < -0.4 is 4.74 Å². The molecule has 1 N–H and O–H groups in total. The topological polar surface area (TPSA) is 29.5 Å². The summed E-state index contributed by atoms with van der Waals surface area (Å²) in [6.45, 7) is 2.60. The number of fused-ring (bicyclic) bond motifs is 1. The van der Waals surface area contributed by atoms with E-state index in [2.05, 4.69) is 84.9 Å². The minimum absolute atomic E-state index is 0.268. The third kappa shape index (κ3) is 4.81. The standard InChI is InChI=1S/C35H28O2S/c1-2-37-29-19-16-26(17-20-29)31-23-28(18-21-32(31)36)25-12-14-27(15-13-25)35-30-10-6-7-11-33(30)38-34(35)22-24-8-4-3-5-9-24/h3-21,23,36H,2,22H2,1H3. The Morgan fingerprint density at radius 2 is 1.32 bits per heavy atom. The van der Waals surface area contributed by atoms with Gasteiger partial charge in [-0.2, -0.15) is 0 Å². The maximum atomic E-state index is 10.6. The van der Waals surface area contributed by atoms with Gasteiger partial charge in [0.25, 0.3) is 0 Å². The Hall–Kier alpha value is -4.34. The van der Waals surface area contributed by atoms with Crippen molar-refractivity contribution in [2.45, 2.75) is 13.3 Å². The molecule has 0 saturated heterocycles. The maximum absolute atomic E-state index is 10.6. The molecule has 0 aliphatic carbocycles. The zero-order valence-electron chi connectivity index (χ0n) is 21.2. The molecule has 0 bridgehead atoms. The molecule has 0 radical (unpaired) electrons. The first-order valence-corrected chi connectivity index (χ1v) is 13.7. The van der Waals surface area contributed by atoms with E-state index in [-0.39, 0.29) is 5.75 Å². The summed E-state index contributed by atoms with van der Waals surface area (Å²) >= 11 is 1.88. The predicted molar refractivity (Wildman–Crippen MR) is 160 cm³/mol. The summed E-state index contributed by atoms with van der Waals surface area (Å²) in [4.78, 5) is 1.38. The van der Waals surface area contributed by atoms with Gasteiger partial charge in [-0.15, -0.1) is 11.3 Å². The van der Waals surface area contributed by atoms with Crippen LogP contribution in [0.15, 0.2) is 121 Å². The fraction of sp³-hybridized carbons (Fsp3) is 0.0857. The van der Waals surface area contributed by atoms with E-state index in [4.69, 9.17) is 4.74 Å². The third-order valence-corrected chi connectivity index (χ3v) is 8.03. The number of hydrogen-bond acceptors (Lipinski definition) is 3. The second-order valence-corrected chi connectivity index (χ2v) is 10.5. The molecule has 0 atom stereocenters. The normalized spacial score (nSPS) is 11.1. The lowest BCUT2D eigenvalue weighted by atomic mass is 9.95. The molecule has 0 unspecified atom stereocenters. The smallest absolute Gasteiger partial charge is 0.123 e. The predicted octanol–water partition coefficient (Wildman–Crippen LogP) is 9.60. The van der Waals surface area contributed by atoms with Crippen LogP contribution in [0.5, 0.6) is 11.5 Å². The molecule has 3 heteroatoms. The van der Waals surface area contributed by atoms with Crippen LogP contribution in [0.3, 0.4) is 0 Å². The number of rotatable bonds is 7. The van der Waals surface area contributed by atoms with Crippen LogP contribution in [0.1, 0.15) is 17.4 Å². The van der Waals surface area contributed by atoms with Gasteiger partial charge < -0.3 is 9.84 Å². The second kappa shape index (κ2) is 10.6. The van der Waals surface area contributed by atoms with Crippen LogP contribution in [0.4, 0.5) is 0 Å². The van der Waals surface area contributed by atoms with Crippen LogP contribution in [-0.2, 0) is 6.42 Å². The highest BCUT2D eigenvalue weighted by atomic mass is 32.1. The van der Waals surface area contributed by atoms with Gasteiger partial charge in [0.1, 0.15) is 11.5 Å². The SMILES string of the molecule is CCOc1ccc(-c2cc(-c3ccc(-c4c(Cc5ccccc5)sc5ccccc45)cc3)ccc2O)cc1. The second-order valence-electron chi connectivity index (χ2n) is 9.33. The van der Waals surface area contributed by atoms with Gasteiger partial charge in [0, 0.05) is 32.5 Å². The molecule has 0 spiro atoms. The molecule has 5 aromatic carbocycles. The molecule has 6 aromatic rings. The van der Waals surface area contributed by atoms with Gasteiger partial charge in [-0.05, 0) is 65.1 Å². The highest BCUT2D eigenvalue weighted by Gasteiger charge is 2.15. The monoisotopic (exact) mass is 512 g/mol. The van der Waals surface area contributed by atoms with Crippen molar-refractivity contribution in [1.29, 1.82) is 0 Å². The minimum atomic E-state index is 0.268. The van der Waals surface area contributed by atoms with Crippen LogP contribution >= 0.6 is 11.3 Å². The van der Waals surface area contributed by atoms with Crippen LogP contribution in [-0.4, -0.2) is 11.7 Å². The zero-order chi connectivity index (χ0) is 25.9. The minimum Gasteiger partial charge on any atom is -0.507 e. The van der Waals surface area contributed by atoms with Crippen molar-refractivity contribution in [2.75, 3.05) is 6.61 Å². The first-order valence-electron chi connectivity index (χ1n) is 12.9. The molecule has 0 saturated carbocycles. The van der Waals surface area contributed by atoms with E-state index in [1.807, 2.05) is 48.6 Å². The molecule has 0 aliphatic rings. The molecule has 0 fully saturated rings. The number of ether oxygens (including phenoxy) is 1. The molecular formula is C35H28O2S. The fourth-order valence-electron chi connectivity index (χ4n) is 4.99. The molecular weight excluding hydrogens is 484 g/mol. The van der Waals surface area contributed by atoms with E-state index in [0.29, 0.717) is 6.61 Å². The van der Waals surface area contributed by atoms with E-state index in [0.717, 1.165) is 34.4 Å². The molecule has 38 heavy (non-hydrogen) atoms. The molecule has 0 aliphatic heterocycles. The first kappa shape index (κ1) is 24.0. The Balaban J connectivity index is 1.35. The number of benzene rings is 5. The molecule has 0 amide bonds. The number of thiophene rings is 1. The Labute approximate surface area is 227 Å². The Kier molecular flexibility index (Phi) is 6.68. The molecule has 1 aromatic heterocycles. The number of phenols is 1. The van der Waals surface area contributed by atoms with Gasteiger partial charge in [-0.1, -0.05) is 91.0 Å². The summed E-state index contributed by atoms with van der Waals surface area (Å²) in [6.07, 6.45) is 0.917. The molecule has 186 valence electrons. The third-order valence-electron chi connectivity index (χ3n) is 6.86. The quantitative estimate of drug-likeness (QED) is 0.231. The summed E-state index contributed by atoms with van der Waals surface area (Å²) < 4.78 is 6.88. The summed E-state index contributed by atoms with van der Waals surface area (Å²) in [5.41, 5.74) is 7.82. The maximum Gasteiger partial charge on any atom is 0.123 e. The molecule has 6 rings (SSSR count). The van der Waals surface area contributed by atoms with E-state index in [1.165, 1.54) is 31.7 Å². The Bertz CT molecular complexity index is 1680. The summed E-state index contributed by atoms with van der Waals surface area (Å²) in [5, 5.41) is 11.9. The zero-order valence-corrected chi connectivity index (χ0v) is 22.0. The average molecular weight is 513 g/mol.